The van der Waals surface area contributed by atoms with E-state index in [0.29, 0.717) is 32.7 Å². The van der Waals surface area contributed by atoms with Crippen molar-refractivity contribution in [3.8, 4) is 0 Å². The molecule has 0 saturated carbocycles. The van der Waals surface area contributed by atoms with Gasteiger partial charge in [0.1, 0.15) is 0 Å². The van der Waals surface area contributed by atoms with Crippen molar-refractivity contribution in [1.29, 1.82) is 0 Å². The molecule has 1 fully saturated rings. The van der Waals surface area contributed by atoms with Crippen LogP contribution in [-0.2, 0) is 9.59 Å². The van der Waals surface area contributed by atoms with Crippen LogP contribution >= 0.6 is 0 Å². The summed E-state index contributed by atoms with van der Waals surface area (Å²) in [7, 11) is 1.76. The third-order valence-electron chi connectivity index (χ3n) is 2.86. The van der Waals surface area contributed by atoms with Gasteiger partial charge in [-0.1, -0.05) is 6.08 Å². The molecule has 0 aliphatic carbocycles. The van der Waals surface area contributed by atoms with Crippen LogP contribution in [0.1, 0.15) is 0 Å². The van der Waals surface area contributed by atoms with Crippen LogP contribution < -0.4 is 10.6 Å². The number of carbonyl (C=O) groups is 2. The summed E-state index contributed by atoms with van der Waals surface area (Å²) in [5, 5.41) is 5.60. The molecule has 0 spiro atoms. The molecule has 0 radical (unpaired) electrons. The van der Waals surface area contributed by atoms with Crippen molar-refractivity contribution in [2.45, 2.75) is 0 Å². The molecule has 6 heteroatoms. The molecule has 0 bridgehead atoms. The van der Waals surface area contributed by atoms with Crippen molar-refractivity contribution in [1.82, 2.24) is 20.4 Å². The lowest BCUT2D eigenvalue weighted by Crippen LogP contribution is -2.52. The topological polar surface area (TPSA) is 64.7 Å². The fourth-order valence-electron chi connectivity index (χ4n) is 1.86. The average molecular weight is 254 g/mol. The van der Waals surface area contributed by atoms with Gasteiger partial charge in [-0.15, -0.1) is 6.58 Å². The highest BCUT2D eigenvalue weighted by Gasteiger charge is 2.21. The summed E-state index contributed by atoms with van der Waals surface area (Å²) in [5.41, 5.74) is 0. The first-order valence-corrected chi connectivity index (χ1v) is 6.19. The van der Waals surface area contributed by atoms with Gasteiger partial charge in [-0.2, -0.15) is 0 Å². The Balaban J connectivity index is 2.24. The second kappa shape index (κ2) is 7.84. The van der Waals surface area contributed by atoms with Crippen LogP contribution in [0.3, 0.4) is 0 Å². The smallest absolute Gasteiger partial charge is 0.236 e. The van der Waals surface area contributed by atoms with E-state index in [0.717, 1.165) is 13.1 Å². The summed E-state index contributed by atoms with van der Waals surface area (Å²) in [5.74, 6) is 0.123. The quantitative estimate of drug-likeness (QED) is 0.575. The van der Waals surface area contributed by atoms with Gasteiger partial charge >= 0.3 is 0 Å². The minimum atomic E-state index is 0.00454. The summed E-state index contributed by atoms with van der Waals surface area (Å²) < 4.78 is 0. The van der Waals surface area contributed by atoms with Gasteiger partial charge in [-0.05, 0) is 7.05 Å². The Bertz CT molecular complexity index is 298. The normalized spacial score (nSPS) is 16.4. The van der Waals surface area contributed by atoms with Gasteiger partial charge in [-0.25, -0.2) is 0 Å². The van der Waals surface area contributed by atoms with Crippen LogP contribution in [-0.4, -0.2) is 74.5 Å². The van der Waals surface area contributed by atoms with E-state index < -0.39 is 0 Å². The van der Waals surface area contributed by atoms with Gasteiger partial charge in [0.05, 0.1) is 13.1 Å². The molecule has 18 heavy (non-hydrogen) atoms. The molecule has 0 aromatic rings. The van der Waals surface area contributed by atoms with E-state index in [9.17, 15) is 9.59 Å². The van der Waals surface area contributed by atoms with E-state index in [1.54, 1.807) is 13.1 Å². The minimum Gasteiger partial charge on any atom is -0.352 e. The van der Waals surface area contributed by atoms with Crippen LogP contribution in [0, 0.1) is 0 Å². The zero-order chi connectivity index (χ0) is 13.4. The fraction of sp³-hybridized carbons (Fsp3) is 0.667. The highest BCUT2D eigenvalue weighted by atomic mass is 16.2. The Morgan fingerprint density at radius 3 is 2.50 bits per heavy atom. The summed E-state index contributed by atoms with van der Waals surface area (Å²) in [6.07, 6.45) is 1.66. The number of amides is 2. The highest BCUT2D eigenvalue weighted by Crippen LogP contribution is 2.01. The molecule has 0 aromatic carbocycles. The number of nitrogens with zero attached hydrogens (tertiary/aromatic N) is 2. The lowest BCUT2D eigenvalue weighted by atomic mass is 10.3. The summed E-state index contributed by atoms with van der Waals surface area (Å²) in [4.78, 5) is 27.0. The van der Waals surface area contributed by atoms with Crippen molar-refractivity contribution >= 4 is 11.8 Å². The number of likely N-dealkylation sites (N-methyl/N-ethyl adjacent to an activating group) is 1. The predicted molar refractivity (Wildman–Crippen MR) is 70.2 cm³/mol. The van der Waals surface area contributed by atoms with E-state index in [4.69, 9.17) is 0 Å². The minimum absolute atomic E-state index is 0.00454. The zero-order valence-electron chi connectivity index (χ0n) is 10.9. The molecule has 0 unspecified atom stereocenters. The van der Waals surface area contributed by atoms with Crippen molar-refractivity contribution < 1.29 is 9.59 Å². The molecule has 1 aliphatic heterocycles. The monoisotopic (exact) mass is 254 g/mol. The highest BCUT2D eigenvalue weighted by molar-refractivity contribution is 5.79. The van der Waals surface area contributed by atoms with E-state index >= 15 is 0 Å². The van der Waals surface area contributed by atoms with Crippen molar-refractivity contribution in [3.05, 3.63) is 12.7 Å². The van der Waals surface area contributed by atoms with E-state index in [-0.39, 0.29) is 11.8 Å². The van der Waals surface area contributed by atoms with Gasteiger partial charge in [0.15, 0.2) is 0 Å². The van der Waals surface area contributed by atoms with Gasteiger partial charge < -0.3 is 15.5 Å². The zero-order valence-corrected chi connectivity index (χ0v) is 10.9. The number of piperazine rings is 1. The largest absolute Gasteiger partial charge is 0.352 e. The van der Waals surface area contributed by atoms with Crippen molar-refractivity contribution in [2.75, 3.05) is 52.9 Å². The molecule has 2 amide bonds. The van der Waals surface area contributed by atoms with Gasteiger partial charge in [0.25, 0.3) is 0 Å². The molecule has 1 rings (SSSR count). The first kappa shape index (κ1) is 14.7. The lowest BCUT2D eigenvalue weighted by molar-refractivity contribution is -0.132. The Kier molecular flexibility index (Phi) is 6.38. The fourth-order valence-corrected chi connectivity index (χ4v) is 1.86. The Morgan fingerprint density at radius 2 is 1.94 bits per heavy atom. The molecular formula is C12H22N4O2. The Labute approximate surface area is 108 Å². The number of hydrogen-bond donors (Lipinski definition) is 2. The number of nitrogens with one attached hydrogen (secondary N) is 2. The SMILES string of the molecule is C=CCNC(=O)CN1CCN(C(=O)CNC)CC1. The average Bonchev–Trinajstić information content (AvgIpc) is 2.37. The van der Waals surface area contributed by atoms with Crippen LogP contribution in [0.15, 0.2) is 12.7 Å². The van der Waals surface area contributed by atoms with Crippen molar-refractivity contribution in [2.24, 2.45) is 0 Å². The van der Waals surface area contributed by atoms with Gasteiger partial charge in [0.2, 0.25) is 11.8 Å². The van der Waals surface area contributed by atoms with Crippen LogP contribution in [0.5, 0.6) is 0 Å². The molecule has 6 nitrogen and oxygen atoms in total. The number of carbonyl (C=O) groups excluding carboxylic acids is 2. The maximum absolute atomic E-state index is 11.6. The first-order valence-electron chi connectivity index (χ1n) is 6.19. The number of rotatable bonds is 6. The number of hydrogen-bond acceptors (Lipinski definition) is 4. The molecule has 0 atom stereocenters. The molecular weight excluding hydrogens is 232 g/mol. The molecule has 1 aliphatic rings. The predicted octanol–water partition coefficient (Wildman–Crippen LogP) is -1.35. The molecule has 2 N–H and O–H groups in total. The molecule has 1 heterocycles. The van der Waals surface area contributed by atoms with Crippen LogP contribution in [0.4, 0.5) is 0 Å². The summed E-state index contributed by atoms with van der Waals surface area (Å²) in [6, 6.07) is 0. The van der Waals surface area contributed by atoms with Crippen LogP contribution in [0.2, 0.25) is 0 Å². The molecule has 0 aromatic heterocycles. The van der Waals surface area contributed by atoms with E-state index in [2.05, 4.69) is 22.1 Å². The summed E-state index contributed by atoms with van der Waals surface area (Å²) >= 11 is 0. The lowest BCUT2D eigenvalue weighted by Gasteiger charge is -2.34. The standard InChI is InChI=1S/C12H22N4O2/c1-3-4-14-11(17)10-15-5-7-16(8-6-15)12(18)9-13-2/h3,13H,1,4-10H2,2H3,(H,14,17). The van der Waals surface area contributed by atoms with Gasteiger partial charge in [0, 0.05) is 32.7 Å². The first-order chi connectivity index (χ1) is 8.67. The Hall–Kier alpha value is -1.40. The Morgan fingerprint density at radius 1 is 1.28 bits per heavy atom. The third kappa shape index (κ3) is 4.85. The second-order valence-electron chi connectivity index (χ2n) is 4.28. The van der Waals surface area contributed by atoms with E-state index in [1.165, 1.54) is 0 Å². The van der Waals surface area contributed by atoms with Crippen LogP contribution in [0.25, 0.3) is 0 Å². The maximum atomic E-state index is 11.6. The summed E-state index contributed by atoms with van der Waals surface area (Å²) in [6.45, 7) is 7.69. The third-order valence-corrected chi connectivity index (χ3v) is 2.86. The maximum Gasteiger partial charge on any atom is 0.236 e. The molecule has 1 saturated heterocycles. The van der Waals surface area contributed by atoms with Gasteiger partial charge in [-0.3, -0.25) is 14.5 Å². The van der Waals surface area contributed by atoms with E-state index in [1.807, 2.05) is 4.90 Å². The van der Waals surface area contributed by atoms with Crippen molar-refractivity contribution in [3.63, 3.8) is 0 Å². The second-order valence-corrected chi connectivity index (χ2v) is 4.28. The molecule has 102 valence electrons.